The smallest absolute Gasteiger partial charge is 0.219 e. The molecule has 1 heterocycles. The summed E-state index contributed by atoms with van der Waals surface area (Å²) in [6.07, 6.45) is 0.908. The minimum atomic E-state index is -0.264. The van der Waals surface area contributed by atoms with Crippen molar-refractivity contribution in [3.8, 4) is 0 Å². The average Bonchev–Trinajstić information content (AvgIpc) is 2.59. The summed E-state index contributed by atoms with van der Waals surface area (Å²) in [7, 11) is 0. The zero-order valence-corrected chi connectivity index (χ0v) is 11.8. The van der Waals surface area contributed by atoms with Gasteiger partial charge in [0.1, 0.15) is 5.82 Å². The predicted octanol–water partition coefficient (Wildman–Crippen LogP) is 2.53. The molecule has 0 radical (unpaired) electrons. The molecule has 0 N–H and O–H groups in total. The van der Waals surface area contributed by atoms with Gasteiger partial charge in [-0.1, -0.05) is 17.7 Å². The Hall–Kier alpha value is -1.13. The largest absolute Gasteiger partial charge is 0.342 e. The van der Waals surface area contributed by atoms with Crippen molar-refractivity contribution in [3.05, 3.63) is 34.6 Å². The van der Waals surface area contributed by atoms with Crippen LogP contribution < -0.4 is 0 Å². The van der Waals surface area contributed by atoms with Crippen molar-refractivity contribution in [2.45, 2.75) is 19.9 Å². The second-order valence-corrected chi connectivity index (χ2v) is 5.24. The summed E-state index contributed by atoms with van der Waals surface area (Å²) in [5.41, 5.74) is 0.542. The Morgan fingerprint density at radius 1 is 1.32 bits per heavy atom. The number of carbonyl (C=O) groups excluding carboxylic acids is 1. The van der Waals surface area contributed by atoms with E-state index in [0.29, 0.717) is 23.7 Å². The SMILES string of the molecule is CC(=O)N1CCCN(Cc2c(F)cccc2Cl)CC1. The molecule has 3 nitrogen and oxygen atoms in total. The Morgan fingerprint density at radius 3 is 2.79 bits per heavy atom. The molecule has 1 aromatic carbocycles. The van der Waals surface area contributed by atoms with E-state index in [-0.39, 0.29) is 11.7 Å². The van der Waals surface area contributed by atoms with E-state index in [0.717, 1.165) is 26.1 Å². The number of nitrogens with zero attached hydrogens (tertiary/aromatic N) is 2. The zero-order valence-electron chi connectivity index (χ0n) is 11.0. The fourth-order valence-corrected chi connectivity index (χ4v) is 2.57. The van der Waals surface area contributed by atoms with Gasteiger partial charge in [0.25, 0.3) is 0 Å². The van der Waals surface area contributed by atoms with Crippen LogP contribution in [0.25, 0.3) is 0 Å². The summed E-state index contributed by atoms with van der Waals surface area (Å²) < 4.78 is 13.7. The van der Waals surface area contributed by atoms with Gasteiger partial charge < -0.3 is 4.90 Å². The molecule has 0 atom stereocenters. The first-order valence-electron chi connectivity index (χ1n) is 6.48. The summed E-state index contributed by atoms with van der Waals surface area (Å²) in [6, 6.07) is 4.75. The van der Waals surface area contributed by atoms with Crippen molar-refractivity contribution in [2.24, 2.45) is 0 Å². The van der Waals surface area contributed by atoms with Gasteiger partial charge in [-0.3, -0.25) is 9.69 Å². The number of rotatable bonds is 2. The van der Waals surface area contributed by atoms with Crippen LogP contribution in [0.15, 0.2) is 18.2 Å². The van der Waals surface area contributed by atoms with Gasteiger partial charge in [0.05, 0.1) is 0 Å². The topological polar surface area (TPSA) is 23.6 Å². The molecule has 5 heteroatoms. The fourth-order valence-electron chi connectivity index (χ4n) is 2.35. The van der Waals surface area contributed by atoms with Gasteiger partial charge in [0.2, 0.25) is 5.91 Å². The molecule has 0 bridgehead atoms. The van der Waals surface area contributed by atoms with Gasteiger partial charge in [0, 0.05) is 50.2 Å². The fraction of sp³-hybridized carbons (Fsp3) is 0.500. The van der Waals surface area contributed by atoms with E-state index in [2.05, 4.69) is 4.90 Å². The molecule has 0 saturated carbocycles. The van der Waals surface area contributed by atoms with Crippen molar-refractivity contribution in [2.75, 3.05) is 26.2 Å². The van der Waals surface area contributed by atoms with E-state index in [9.17, 15) is 9.18 Å². The molecule has 1 saturated heterocycles. The van der Waals surface area contributed by atoms with Crippen LogP contribution in [0.1, 0.15) is 18.9 Å². The molecular formula is C14H18ClFN2O. The summed E-state index contributed by atoms with van der Waals surface area (Å²) in [6.45, 7) is 5.16. The minimum absolute atomic E-state index is 0.103. The molecule has 0 spiro atoms. The number of benzene rings is 1. The third-order valence-corrected chi connectivity index (χ3v) is 3.83. The Bertz CT molecular complexity index is 447. The maximum Gasteiger partial charge on any atom is 0.219 e. The lowest BCUT2D eigenvalue weighted by molar-refractivity contribution is -0.128. The van der Waals surface area contributed by atoms with Crippen molar-refractivity contribution in [3.63, 3.8) is 0 Å². The van der Waals surface area contributed by atoms with Crippen LogP contribution >= 0.6 is 11.6 Å². The molecule has 1 fully saturated rings. The summed E-state index contributed by atoms with van der Waals surface area (Å²) in [5, 5.41) is 0.465. The molecule has 1 amide bonds. The molecule has 0 aliphatic carbocycles. The number of hydrogen-bond acceptors (Lipinski definition) is 2. The molecular weight excluding hydrogens is 267 g/mol. The van der Waals surface area contributed by atoms with Crippen LogP contribution in [0, 0.1) is 5.82 Å². The quantitative estimate of drug-likeness (QED) is 0.833. The highest BCUT2D eigenvalue weighted by Crippen LogP contribution is 2.21. The molecule has 19 heavy (non-hydrogen) atoms. The standard InChI is InChI=1S/C14H18ClFN2O/c1-11(19)18-7-3-6-17(8-9-18)10-12-13(15)4-2-5-14(12)16/h2,4-5H,3,6-10H2,1H3. The van der Waals surface area contributed by atoms with Crippen molar-refractivity contribution >= 4 is 17.5 Å². The van der Waals surface area contributed by atoms with Gasteiger partial charge >= 0.3 is 0 Å². The Balaban J connectivity index is 2.02. The first-order chi connectivity index (χ1) is 9.08. The van der Waals surface area contributed by atoms with E-state index < -0.39 is 0 Å². The molecule has 1 aromatic rings. The van der Waals surface area contributed by atoms with Crippen LogP contribution in [-0.2, 0) is 11.3 Å². The van der Waals surface area contributed by atoms with E-state index in [1.165, 1.54) is 6.07 Å². The Kier molecular flexibility index (Phi) is 4.77. The van der Waals surface area contributed by atoms with Gasteiger partial charge in [0.15, 0.2) is 0 Å². The first kappa shape index (κ1) is 14.3. The molecule has 104 valence electrons. The van der Waals surface area contributed by atoms with Crippen molar-refractivity contribution in [1.82, 2.24) is 9.80 Å². The molecule has 2 rings (SSSR count). The lowest BCUT2D eigenvalue weighted by Crippen LogP contribution is -2.33. The minimum Gasteiger partial charge on any atom is -0.342 e. The van der Waals surface area contributed by atoms with E-state index in [1.54, 1.807) is 19.1 Å². The van der Waals surface area contributed by atoms with Crippen LogP contribution in [0.2, 0.25) is 5.02 Å². The lowest BCUT2D eigenvalue weighted by Gasteiger charge is -2.21. The van der Waals surface area contributed by atoms with Gasteiger partial charge in [-0.05, 0) is 18.6 Å². The van der Waals surface area contributed by atoms with Crippen molar-refractivity contribution in [1.29, 1.82) is 0 Å². The van der Waals surface area contributed by atoms with Crippen molar-refractivity contribution < 1.29 is 9.18 Å². The Morgan fingerprint density at radius 2 is 2.11 bits per heavy atom. The Labute approximate surface area is 117 Å². The molecule has 0 unspecified atom stereocenters. The number of amides is 1. The maximum absolute atomic E-state index is 13.7. The van der Waals surface area contributed by atoms with Gasteiger partial charge in [-0.15, -0.1) is 0 Å². The van der Waals surface area contributed by atoms with Crippen LogP contribution in [0.3, 0.4) is 0 Å². The second-order valence-electron chi connectivity index (χ2n) is 4.84. The zero-order chi connectivity index (χ0) is 13.8. The molecule has 1 aliphatic rings. The molecule has 0 aromatic heterocycles. The maximum atomic E-state index is 13.7. The lowest BCUT2D eigenvalue weighted by atomic mass is 10.2. The highest BCUT2D eigenvalue weighted by atomic mass is 35.5. The second kappa shape index (κ2) is 6.35. The first-order valence-corrected chi connectivity index (χ1v) is 6.86. The normalized spacial score (nSPS) is 17.3. The van der Waals surface area contributed by atoms with Gasteiger partial charge in [-0.25, -0.2) is 4.39 Å². The number of hydrogen-bond donors (Lipinski definition) is 0. The average molecular weight is 285 g/mol. The third-order valence-electron chi connectivity index (χ3n) is 3.48. The summed E-state index contributed by atoms with van der Waals surface area (Å²) in [5.74, 6) is -0.161. The number of carbonyl (C=O) groups is 1. The third kappa shape index (κ3) is 3.67. The summed E-state index contributed by atoms with van der Waals surface area (Å²) in [4.78, 5) is 15.3. The van der Waals surface area contributed by atoms with Crippen LogP contribution in [0.4, 0.5) is 4.39 Å². The van der Waals surface area contributed by atoms with Crippen LogP contribution in [-0.4, -0.2) is 41.9 Å². The predicted molar refractivity (Wildman–Crippen MR) is 73.6 cm³/mol. The molecule has 1 aliphatic heterocycles. The van der Waals surface area contributed by atoms with E-state index >= 15 is 0 Å². The van der Waals surface area contributed by atoms with Gasteiger partial charge in [-0.2, -0.15) is 0 Å². The summed E-state index contributed by atoms with van der Waals surface area (Å²) >= 11 is 6.04. The monoisotopic (exact) mass is 284 g/mol. The number of halogens is 2. The highest BCUT2D eigenvalue weighted by Gasteiger charge is 2.18. The van der Waals surface area contributed by atoms with Crippen LogP contribution in [0.5, 0.6) is 0 Å². The van der Waals surface area contributed by atoms with E-state index in [1.807, 2.05) is 4.90 Å². The highest BCUT2D eigenvalue weighted by molar-refractivity contribution is 6.31. The van der Waals surface area contributed by atoms with E-state index in [4.69, 9.17) is 11.6 Å².